The number of rotatable bonds is 6. The molecule has 1 aromatic carbocycles. The van der Waals surface area contributed by atoms with E-state index in [0.717, 1.165) is 68.8 Å². The molecule has 0 saturated carbocycles. The number of hydrogen-bond acceptors (Lipinski definition) is 4. The Labute approximate surface area is 184 Å². The van der Waals surface area contributed by atoms with Crippen molar-refractivity contribution in [2.45, 2.75) is 45.1 Å². The van der Waals surface area contributed by atoms with Crippen LogP contribution in [0.15, 0.2) is 36.5 Å². The number of carbonyl (C=O) groups is 2. The quantitative estimate of drug-likeness (QED) is 0.775. The van der Waals surface area contributed by atoms with E-state index in [4.69, 9.17) is 0 Å². The average molecular weight is 424 g/mol. The molecule has 2 amide bonds. The maximum absolute atomic E-state index is 13.5. The Kier molecular flexibility index (Phi) is 6.70. The molecule has 0 aliphatic carbocycles. The van der Waals surface area contributed by atoms with Gasteiger partial charge in [0.15, 0.2) is 0 Å². The lowest BCUT2D eigenvalue weighted by molar-refractivity contribution is -0.138. The number of anilines is 1. The van der Waals surface area contributed by atoms with Gasteiger partial charge in [0.2, 0.25) is 11.8 Å². The van der Waals surface area contributed by atoms with Crippen LogP contribution in [0.1, 0.15) is 49.4 Å². The van der Waals surface area contributed by atoms with Gasteiger partial charge in [0.1, 0.15) is 6.04 Å². The second-order valence-electron chi connectivity index (χ2n) is 8.84. The largest absolute Gasteiger partial charge is 0.341 e. The van der Waals surface area contributed by atoms with E-state index >= 15 is 0 Å². The first kappa shape index (κ1) is 21.6. The van der Waals surface area contributed by atoms with E-state index in [-0.39, 0.29) is 17.9 Å². The molecule has 31 heavy (non-hydrogen) atoms. The second-order valence-corrected chi connectivity index (χ2v) is 8.84. The number of nitrogens with one attached hydrogen (secondary N) is 1. The van der Waals surface area contributed by atoms with Gasteiger partial charge in [0.25, 0.3) is 0 Å². The van der Waals surface area contributed by atoms with Crippen LogP contribution in [0.3, 0.4) is 0 Å². The molecule has 3 heterocycles. The molecule has 0 spiro atoms. The Bertz CT molecular complexity index is 896. The Morgan fingerprint density at radius 1 is 1.10 bits per heavy atom. The number of carbonyl (C=O) groups excluding carboxylic acids is 2. The molecule has 7 heteroatoms. The van der Waals surface area contributed by atoms with Crippen LogP contribution in [0.5, 0.6) is 0 Å². The van der Waals surface area contributed by atoms with Crippen molar-refractivity contribution in [3.8, 4) is 0 Å². The first-order chi connectivity index (χ1) is 15.0. The summed E-state index contributed by atoms with van der Waals surface area (Å²) in [5, 5.41) is 7.15. The SMILES string of the molecule is Cc1c(NC(=O)CC2CCN(C(=O)C(c3ccccc3)N3CCCC3)CC2)cnn1C. The van der Waals surface area contributed by atoms with Crippen molar-refractivity contribution >= 4 is 17.5 Å². The molecule has 166 valence electrons. The Morgan fingerprint density at radius 2 is 1.77 bits per heavy atom. The van der Waals surface area contributed by atoms with Crippen molar-refractivity contribution in [2.75, 3.05) is 31.5 Å². The predicted octanol–water partition coefficient (Wildman–Crippen LogP) is 3.13. The molecule has 2 aliphatic rings. The summed E-state index contributed by atoms with van der Waals surface area (Å²) in [5.74, 6) is 0.546. The Morgan fingerprint density at radius 3 is 2.39 bits per heavy atom. The molecule has 2 fully saturated rings. The fourth-order valence-electron chi connectivity index (χ4n) is 4.76. The molecule has 0 radical (unpaired) electrons. The number of likely N-dealkylation sites (tertiary alicyclic amines) is 2. The van der Waals surface area contributed by atoms with Gasteiger partial charge in [-0.1, -0.05) is 30.3 Å². The topological polar surface area (TPSA) is 70.5 Å². The van der Waals surface area contributed by atoms with Gasteiger partial charge in [-0.2, -0.15) is 5.10 Å². The fourth-order valence-corrected chi connectivity index (χ4v) is 4.76. The standard InChI is InChI=1S/C24H33N5O2/c1-18-21(17-25-27(18)2)26-22(30)16-19-10-14-29(15-11-19)24(31)23(28-12-6-7-13-28)20-8-4-3-5-9-20/h3-5,8-9,17,19,23H,6-7,10-16H2,1-2H3,(H,26,30). The van der Waals surface area contributed by atoms with Gasteiger partial charge in [-0.25, -0.2) is 0 Å². The molecule has 2 saturated heterocycles. The highest BCUT2D eigenvalue weighted by molar-refractivity contribution is 5.91. The molecule has 2 aliphatic heterocycles. The number of aromatic nitrogens is 2. The van der Waals surface area contributed by atoms with Gasteiger partial charge in [-0.05, 0) is 57.2 Å². The minimum Gasteiger partial charge on any atom is -0.341 e. The van der Waals surface area contributed by atoms with Crippen LogP contribution in [0.2, 0.25) is 0 Å². The van der Waals surface area contributed by atoms with E-state index in [1.165, 1.54) is 0 Å². The van der Waals surface area contributed by atoms with Crippen molar-refractivity contribution in [3.63, 3.8) is 0 Å². The van der Waals surface area contributed by atoms with Crippen molar-refractivity contribution in [1.82, 2.24) is 19.6 Å². The molecular formula is C24H33N5O2. The fraction of sp³-hybridized carbons (Fsp3) is 0.542. The van der Waals surface area contributed by atoms with Crippen molar-refractivity contribution < 1.29 is 9.59 Å². The third-order valence-corrected chi connectivity index (χ3v) is 6.76. The van der Waals surface area contributed by atoms with Crippen molar-refractivity contribution in [2.24, 2.45) is 13.0 Å². The lowest BCUT2D eigenvalue weighted by Crippen LogP contribution is -2.45. The summed E-state index contributed by atoms with van der Waals surface area (Å²) in [4.78, 5) is 30.3. The zero-order valence-electron chi connectivity index (χ0n) is 18.6. The molecular weight excluding hydrogens is 390 g/mol. The maximum Gasteiger partial charge on any atom is 0.244 e. The van der Waals surface area contributed by atoms with E-state index in [1.807, 2.05) is 37.1 Å². The van der Waals surface area contributed by atoms with Crippen LogP contribution in [0.4, 0.5) is 5.69 Å². The number of benzene rings is 1. The second kappa shape index (κ2) is 9.64. The summed E-state index contributed by atoms with van der Waals surface area (Å²) in [5.41, 5.74) is 2.81. The minimum atomic E-state index is -0.183. The normalized spacial score (nSPS) is 18.8. The van der Waals surface area contributed by atoms with Crippen LogP contribution in [0, 0.1) is 12.8 Å². The molecule has 0 bridgehead atoms. The van der Waals surface area contributed by atoms with Gasteiger partial charge in [-0.15, -0.1) is 0 Å². The Balaban J connectivity index is 1.33. The third kappa shape index (κ3) is 4.98. The average Bonchev–Trinajstić information content (AvgIpc) is 3.41. The minimum absolute atomic E-state index is 0.0279. The van der Waals surface area contributed by atoms with Crippen LogP contribution in [0.25, 0.3) is 0 Å². The summed E-state index contributed by atoms with van der Waals surface area (Å²) in [6, 6.07) is 9.98. The van der Waals surface area contributed by atoms with Crippen molar-refractivity contribution in [3.05, 3.63) is 47.8 Å². The first-order valence-electron chi connectivity index (χ1n) is 11.4. The number of aryl methyl sites for hydroxylation is 1. The smallest absolute Gasteiger partial charge is 0.244 e. The maximum atomic E-state index is 13.5. The monoisotopic (exact) mass is 423 g/mol. The van der Waals surface area contributed by atoms with E-state index in [1.54, 1.807) is 10.9 Å². The number of amides is 2. The molecule has 1 N–H and O–H groups in total. The lowest BCUT2D eigenvalue weighted by Gasteiger charge is -2.36. The van der Waals surface area contributed by atoms with Crippen LogP contribution in [-0.2, 0) is 16.6 Å². The van der Waals surface area contributed by atoms with E-state index in [9.17, 15) is 9.59 Å². The summed E-state index contributed by atoms with van der Waals surface area (Å²) in [6.07, 6.45) is 6.23. The Hall–Kier alpha value is -2.67. The third-order valence-electron chi connectivity index (χ3n) is 6.76. The highest BCUT2D eigenvalue weighted by atomic mass is 16.2. The van der Waals surface area contributed by atoms with Crippen molar-refractivity contribution in [1.29, 1.82) is 0 Å². The highest BCUT2D eigenvalue weighted by Gasteiger charge is 2.34. The first-order valence-corrected chi connectivity index (χ1v) is 11.4. The van der Waals surface area contributed by atoms with Gasteiger partial charge in [0, 0.05) is 26.6 Å². The molecule has 1 aromatic heterocycles. The lowest BCUT2D eigenvalue weighted by atomic mass is 9.92. The number of hydrogen-bond donors (Lipinski definition) is 1. The van der Waals surface area contributed by atoms with Crippen LogP contribution < -0.4 is 5.32 Å². The van der Waals surface area contributed by atoms with Gasteiger partial charge in [0.05, 0.1) is 17.6 Å². The van der Waals surface area contributed by atoms with E-state index in [2.05, 4.69) is 27.4 Å². The summed E-state index contributed by atoms with van der Waals surface area (Å²) < 4.78 is 1.75. The zero-order valence-corrected chi connectivity index (χ0v) is 18.6. The summed E-state index contributed by atoms with van der Waals surface area (Å²) in [7, 11) is 1.86. The number of piperidine rings is 1. The predicted molar refractivity (Wildman–Crippen MR) is 120 cm³/mol. The molecule has 1 atom stereocenters. The van der Waals surface area contributed by atoms with Crippen LogP contribution >= 0.6 is 0 Å². The van der Waals surface area contributed by atoms with Gasteiger partial charge < -0.3 is 10.2 Å². The van der Waals surface area contributed by atoms with E-state index < -0.39 is 0 Å². The molecule has 2 aromatic rings. The molecule has 1 unspecified atom stereocenters. The number of nitrogens with zero attached hydrogens (tertiary/aromatic N) is 4. The van der Waals surface area contributed by atoms with E-state index in [0.29, 0.717) is 12.3 Å². The summed E-state index contributed by atoms with van der Waals surface area (Å²) in [6.45, 7) is 5.35. The van der Waals surface area contributed by atoms with Gasteiger partial charge >= 0.3 is 0 Å². The van der Waals surface area contributed by atoms with Crippen LogP contribution in [-0.4, -0.2) is 57.6 Å². The van der Waals surface area contributed by atoms with Gasteiger partial charge in [-0.3, -0.25) is 19.2 Å². The molecule has 4 rings (SSSR count). The highest BCUT2D eigenvalue weighted by Crippen LogP contribution is 2.30. The zero-order chi connectivity index (χ0) is 21.8. The molecule has 7 nitrogen and oxygen atoms in total. The summed E-state index contributed by atoms with van der Waals surface area (Å²) >= 11 is 0.